The van der Waals surface area contributed by atoms with E-state index >= 15 is 0 Å². The van der Waals surface area contributed by atoms with Crippen LogP contribution in [0.3, 0.4) is 0 Å². The molecule has 1 aromatic heterocycles. The Balaban J connectivity index is 2.64. The van der Waals surface area contributed by atoms with E-state index in [4.69, 9.17) is 4.74 Å². The molecule has 0 saturated heterocycles. The Bertz CT molecular complexity index is 696. The number of nitrogens with zero attached hydrogens (tertiary/aromatic N) is 1. The van der Waals surface area contributed by atoms with Crippen molar-refractivity contribution in [1.29, 1.82) is 0 Å². The summed E-state index contributed by atoms with van der Waals surface area (Å²) in [5.74, 6) is -0.315. The summed E-state index contributed by atoms with van der Waals surface area (Å²) in [7, 11) is 1.37. The number of anilines is 1. The second-order valence-corrected chi connectivity index (χ2v) is 5.99. The van der Waals surface area contributed by atoms with Crippen molar-refractivity contribution >= 4 is 22.6 Å². The number of carbonyl (C=O) groups excluding carboxylic acids is 1. The molecule has 1 heterocycles. The molecule has 5 heteroatoms. The molecule has 0 bridgehead atoms. The molecule has 0 unspecified atom stereocenters. The number of esters is 1. The van der Waals surface area contributed by atoms with E-state index < -0.39 is 5.54 Å². The molecule has 118 valence electrons. The minimum atomic E-state index is -0.512. The highest BCUT2D eigenvalue weighted by molar-refractivity contribution is 5.95. The zero-order chi connectivity index (χ0) is 16.3. The molecule has 0 spiro atoms. The number of aryl methyl sites for hydroxylation is 1. The predicted octanol–water partition coefficient (Wildman–Crippen LogP) is 2.44. The van der Waals surface area contributed by atoms with E-state index in [1.54, 1.807) is 0 Å². The molecule has 5 nitrogen and oxygen atoms in total. The summed E-state index contributed by atoms with van der Waals surface area (Å²) in [5, 5.41) is 13.8. The topological polar surface area (TPSA) is 71.5 Å². The van der Waals surface area contributed by atoms with Crippen molar-refractivity contribution in [3.8, 4) is 0 Å². The maximum atomic E-state index is 11.7. The largest absolute Gasteiger partial charge is 0.469 e. The summed E-state index contributed by atoms with van der Waals surface area (Å²) in [6.45, 7) is 5.65. The number of carbonyl (C=O) groups is 1. The van der Waals surface area contributed by atoms with Crippen LogP contribution in [0.5, 0.6) is 0 Å². The van der Waals surface area contributed by atoms with Crippen molar-refractivity contribution in [2.75, 3.05) is 19.0 Å². The number of aromatic nitrogens is 1. The van der Waals surface area contributed by atoms with Crippen LogP contribution in [-0.2, 0) is 16.0 Å². The number of nitrogens with one attached hydrogen (secondary N) is 1. The van der Waals surface area contributed by atoms with Gasteiger partial charge in [0.1, 0.15) is 0 Å². The number of ether oxygens (including phenoxy) is 1. The molecular weight excluding hydrogens is 280 g/mol. The average Bonchev–Trinajstić information content (AvgIpc) is 2.50. The molecule has 1 aromatic carbocycles. The van der Waals surface area contributed by atoms with E-state index in [9.17, 15) is 9.90 Å². The van der Waals surface area contributed by atoms with Crippen LogP contribution in [0.15, 0.2) is 24.3 Å². The summed E-state index contributed by atoms with van der Waals surface area (Å²) < 4.78 is 4.79. The highest BCUT2D eigenvalue weighted by Crippen LogP contribution is 2.31. The highest BCUT2D eigenvalue weighted by Gasteiger charge is 2.22. The Kier molecular flexibility index (Phi) is 4.66. The SMILES string of the molecule is COC(=O)Cc1c(C)nc2ccccc2c1NC(C)(C)CO. The fourth-order valence-electron chi connectivity index (χ4n) is 2.33. The second kappa shape index (κ2) is 6.32. The van der Waals surface area contributed by atoms with E-state index in [1.165, 1.54) is 7.11 Å². The molecule has 0 amide bonds. The third kappa shape index (κ3) is 3.36. The first kappa shape index (κ1) is 16.2. The molecule has 0 aliphatic carbocycles. The molecule has 0 fully saturated rings. The van der Waals surface area contributed by atoms with Crippen LogP contribution in [0.2, 0.25) is 0 Å². The van der Waals surface area contributed by atoms with E-state index in [1.807, 2.05) is 45.0 Å². The lowest BCUT2D eigenvalue weighted by Crippen LogP contribution is -2.35. The van der Waals surface area contributed by atoms with E-state index in [0.717, 1.165) is 27.8 Å². The zero-order valence-electron chi connectivity index (χ0n) is 13.4. The van der Waals surface area contributed by atoms with Crippen LogP contribution in [0.1, 0.15) is 25.1 Å². The van der Waals surface area contributed by atoms with E-state index in [-0.39, 0.29) is 19.0 Å². The van der Waals surface area contributed by atoms with E-state index in [0.29, 0.717) is 0 Å². The van der Waals surface area contributed by atoms with Crippen LogP contribution < -0.4 is 5.32 Å². The fourth-order valence-corrected chi connectivity index (χ4v) is 2.33. The van der Waals surface area contributed by atoms with Crippen molar-refractivity contribution < 1.29 is 14.6 Å². The lowest BCUT2D eigenvalue weighted by atomic mass is 9.99. The highest BCUT2D eigenvalue weighted by atomic mass is 16.5. The molecule has 22 heavy (non-hydrogen) atoms. The number of aliphatic hydroxyl groups is 1. The first-order valence-electron chi connectivity index (χ1n) is 7.22. The summed E-state index contributed by atoms with van der Waals surface area (Å²) in [5.41, 5.74) is 2.74. The number of para-hydroxylation sites is 1. The van der Waals surface area contributed by atoms with Gasteiger partial charge in [0, 0.05) is 22.3 Å². The summed E-state index contributed by atoms with van der Waals surface area (Å²) in [4.78, 5) is 16.3. The molecule has 2 aromatic rings. The summed E-state index contributed by atoms with van der Waals surface area (Å²) >= 11 is 0. The molecule has 2 rings (SSSR count). The van der Waals surface area contributed by atoms with E-state index in [2.05, 4.69) is 10.3 Å². The standard InChI is InChI=1S/C17H22N2O3/c1-11-13(9-15(21)22-4)16(19-17(2,3)10-20)12-7-5-6-8-14(12)18-11/h5-8,20H,9-10H2,1-4H3,(H,18,19). The number of rotatable bonds is 5. The summed E-state index contributed by atoms with van der Waals surface area (Å²) in [6, 6.07) is 7.74. The van der Waals surface area contributed by atoms with Gasteiger partial charge in [-0.3, -0.25) is 9.78 Å². The quantitative estimate of drug-likeness (QED) is 0.830. The van der Waals surface area contributed by atoms with Crippen LogP contribution in [0.4, 0.5) is 5.69 Å². The molecule has 0 aliphatic rings. The Morgan fingerprint density at radius 3 is 2.68 bits per heavy atom. The van der Waals surface area contributed by atoms with Crippen molar-refractivity contribution in [3.63, 3.8) is 0 Å². The first-order valence-corrected chi connectivity index (χ1v) is 7.22. The van der Waals surface area contributed by atoms with Crippen molar-refractivity contribution in [2.24, 2.45) is 0 Å². The Morgan fingerprint density at radius 2 is 2.05 bits per heavy atom. The molecule has 2 N–H and O–H groups in total. The second-order valence-electron chi connectivity index (χ2n) is 5.99. The first-order chi connectivity index (χ1) is 10.4. The van der Waals surface area contributed by atoms with Gasteiger partial charge >= 0.3 is 5.97 Å². The van der Waals surface area contributed by atoms with Gasteiger partial charge in [0.25, 0.3) is 0 Å². The zero-order valence-corrected chi connectivity index (χ0v) is 13.4. The molecule has 0 aliphatic heterocycles. The molecule has 0 atom stereocenters. The maximum absolute atomic E-state index is 11.7. The number of pyridine rings is 1. The number of benzene rings is 1. The molecule has 0 saturated carbocycles. The fraction of sp³-hybridized carbons (Fsp3) is 0.412. The minimum Gasteiger partial charge on any atom is -0.469 e. The average molecular weight is 302 g/mol. The Morgan fingerprint density at radius 1 is 1.36 bits per heavy atom. The third-order valence-electron chi connectivity index (χ3n) is 3.61. The lowest BCUT2D eigenvalue weighted by Gasteiger charge is -2.28. The van der Waals surface area contributed by atoms with Crippen LogP contribution in [0.25, 0.3) is 10.9 Å². The van der Waals surface area contributed by atoms with Crippen molar-refractivity contribution in [2.45, 2.75) is 32.7 Å². The number of methoxy groups -OCH3 is 1. The molecular formula is C17H22N2O3. The van der Waals surface area contributed by atoms with Gasteiger partial charge in [-0.25, -0.2) is 0 Å². The predicted molar refractivity (Wildman–Crippen MR) is 87.0 cm³/mol. The minimum absolute atomic E-state index is 0.0274. The van der Waals surface area contributed by atoms with Gasteiger partial charge in [0.15, 0.2) is 0 Å². The van der Waals surface area contributed by atoms with Gasteiger partial charge in [0.2, 0.25) is 0 Å². The number of hydrogen-bond acceptors (Lipinski definition) is 5. The van der Waals surface area contributed by atoms with Crippen LogP contribution >= 0.6 is 0 Å². The Labute approximate surface area is 130 Å². The third-order valence-corrected chi connectivity index (χ3v) is 3.61. The normalized spacial score (nSPS) is 11.5. The molecule has 0 radical (unpaired) electrons. The van der Waals surface area contributed by atoms with Gasteiger partial charge in [-0.2, -0.15) is 0 Å². The van der Waals surface area contributed by atoms with Crippen molar-refractivity contribution in [3.05, 3.63) is 35.5 Å². The van der Waals surface area contributed by atoms with Gasteiger partial charge in [-0.1, -0.05) is 18.2 Å². The number of aliphatic hydroxyl groups excluding tert-OH is 1. The Hall–Kier alpha value is -2.14. The summed E-state index contributed by atoms with van der Waals surface area (Å²) in [6.07, 6.45) is 0.143. The van der Waals surface area contributed by atoms with Gasteiger partial charge < -0.3 is 15.2 Å². The van der Waals surface area contributed by atoms with Crippen LogP contribution in [-0.4, -0.2) is 35.3 Å². The monoisotopic (exact) mass is 302 g/mol. The number of fused-ring (bicyclic) bond motifs is 1. The maximum Gasteiger partial charge on any atom is 0.310 e. The lowest BCUT2D eigenvalue weighted by molar-refractivity contribution is -0.139. The number of hydrogen-bond donors (Lipinski definition) is 2. The van der Waals surface area contributed by atoms with Crippen LogP contribution in [0, 0.1) is 6.92 Å². The van der Waals surface area contributed by atoms with Gasteiger partial charge in [-0.15, -0.1) is 0 Å². The smallest absolute Gasteiger partial charge is 0.310 e. The van der Waals surface area contributed by atoms with Gasteiger partial charge in [0.05, 0.1) is 31.2 Å². The van der Waals surface area contributed by atoms with Gasteiger partial charge in [-0.05, 0) is 26.8 Å². The van der Waals surface area contributed by atoms with Crippen molar-refractivity contribution in [1.82, 2.24) is 4.98 Å².